The highest BCUT2D eigenvalue weighted by atomic mass is 15.2. The third-order valence-electron chi connectivity index (χ3n) is 4.29. The number of rotatable bonds is 2. The van der Waals surface area contributed by atoms with E-state index in [2.05, 4.69) is 25.7 Å². The van der Waals surface area contributed by atoms with E-state index in [1.807, 2.05) is 0 Å². The van der Waals surface area contributed by atoms with E-state index < -0.39 is 0 Å². The van der Waals surface area contributed by atoms with Crippen LogP contribution < -0.4 is 0 Å². The van der Waals surface area contributed by atoms with Crippen molar-refractivity contribution in [1.82, 2.24) is 4.90 Å². The van der Waals surface area contributed by atoms with Crippen LogP contribution in [0.4, 0.5) is 0 Å². The van der Waals surface area contributed by atoms with Crippen LogP contribution in [-0.4, -0.2) is 24.0 Å². The lowest BCUT2D eigenvalue weighted by Gasteiger charge is -2.22. The van der Waals surface area contributed by atoms with Crippen molar-refractivity contribution < 1.29 is 0 Å². The highest BCUT2D eigenvalue weighted by molar-refractivity contribution is 4.93. The molecule has 76 valence electrons. The van der Waals surface area contributed by atoms with Crippen LogP contribution in [0.1, 0.15) is 40.0 Å². The van der Waals surface area contributed by atoms with E-state index in [1.165, 1.54) is 32.4 Å². The maximum absolute atomic E-state index is 2.68. The first-order valence-electron chi connectivity index (χ1n) is 5.96. The number of hydrogen-bond donors (Lipinski definition) is 0. The van der Waals surface area contributed by atoms with Crippen molar-refractivity contribution in [1.29, 1.82) is 0 Å². The van der Waals surface area contributed by atoms with E-state index in [1.54, 1.807) is 0 Å². The van der Waals surface area contributed by atoms with Crippen molar-refractivity contribution in [3.05, 3.63) is 0 Å². The van der Waals surface area contributed by atoms with Gasteiger partial charge in [-0.3, -0.25) is 0 Å². The van der Waals surface area contributed by atoms with Gasteiger partial charge in [0.1, 0.15) is 0 Å². The summed E-state index contributed by atoms with van der Waals surface area (Å²) in [7, 11) is 0. The van der Waals surface area contributed by atoms with Crippen LogP contribution in [0.15, 0.2) is 0 Å². The first-order chi connectivity index (χ1) is 6.22. The standard InChI is InChI=1S/C12H23N/c1-4-10-5-6-11-7-13(9(2)3)8-12(10)11/h9-12H,4-8H2,1-3H3. The predicted molar refractivity (Wildman–Crippen MR) is 56.7 cm³/mol. The monoisotopic (exact) mass is 181 g/mol. The van der Waals surface area contributed by atoms with E-state index >= 15 is 0 Å². The van der Waals surface area contributed by atoms with Crippen molar-refractivity contribution in [2.75, 3.05) is 13.1 Å². The Balaban J connectivity index is 1.97. The molecular formula is C12H23N. The number of hydrogen-bond acceptors (Lipinski definition) is 1. The summed E-state index contributed by atoms with van der Waals surface area (Å²) in [6.07, 6.45) is 4.43. The lowest BCUT2D eigenvalue weighted by atomic mass is 9.91. The minimum atomic E-state index is 0.767. The van der Waals surface area contributed by atoms with Gasteiger partial charge in [0, 0.05) is 19.1 Å². The largest absolute Gasteiger partial charge is 0.300 e. The van der Waals surface area contributed by atoms with Crippen LogP contribution in [0, 0.1) is 17.8 Å². The van der Waals surface area contributed by atoms with Crippen molar-refractivity contribution in [2.45, 2.75) is 46.1 Å². The van der Waals surface area contributed by atoms with Crippen LogP contribution in [0.2, 0.25) is 0 Å². The number of likely N-dealkylation sites (tertiary alicyclic amines) is 1. The molecule has 1 aliphatic heterocycles. The van der Waals surface area contributed by atoms with Gasteiger partial charge in [0.15, 0.2) is 0 Å². The summed E-state index contributed by atoms with van der Waals surface area (Å²) in [5, 5.41) is 0. The van der Waals surface area contributed by atoms with Crippen molar-refractivity contribution in [2.24, 2.45) is 17.8 Å². The highest BCUT2D eigenvalue weighted by Gasteiger charge is 2.41. The molecule has 3 atom stereocenters. The third kappa shape index (κ3) is 1.63. The van der Waals surface area contributed by atoms with E-state index in [4.69, 9.17) is 0 Å². The summed E-state index contributed by atoms with van der Waals surface area (Å²) < 4.78 is 0. The Morgan fingerprint density at radius 1 is 1.23 bits per heavy atom. The summed E-state index contributed by atoms with van der Waals surface area (Å²) in [6.45, 7) is 9.81. The smallest absolute Gasteiger partial charge is 0.00388 e. The van der Waals surface area contributed by atoms with Crippen molar-refractivity contribution >= 4 is 0 Å². The topological polar surface area (TPSA) is 3.24 Å². The molecule has 2 rings (SSSR count). The van der Waals surface area contributed by atoms with Crippen LogP contribution in [0.3, 0.4) is 0 Å². The van der Waals surface area contributed by atoms with Crippen LogP contribution in [0.5, 0.6) is 0 Å². The number of nitrogens with zero attached hydrogens (tertiary/aromatic N) is 1. The minimum Gasteiger partial charge on any atom is -0.300 e. The first-order valence-corrected chi connectivity index (χ1v) is 5.96. The fraction of sp³-hybridized carbons (Fsp3) is 1.00. The van der Waals surface area contributed by atoms with E-state index in [0.717, 1.165) is 23.8 Å². The molecule has 1 heterocycles. The Morgan fingerprint density at radius 2 is 2.00 bits per heavy atom. The van der Waals surface area contributed by atoms with Gasteiger partial charge in [-0.05, 0) is 44.4 Å². The zero-order chi connectivity index (χ0) is 9.42. The van der Waals surface area contributed by atoms with Gasteiger partial charge in [-0.25, -0.2) is 0 Å². The molecule has 0 spiro atoms. The molecule has 13 heavy (non-hydrogen) atoms. The molecule has 0 amide bonds. The summed E-state index contributed by atoms with van der Waals surface area (Å²) in [5.74, 6) is 3.15. The average molecular weight is 181 g/mol. The molecule has 3 unspecified atom stereocenters. The second-order valence-corrected chi connectivity index (χ2v) is 5.22. The normalized spacial score (nSPS) is 40.2. The quantitative estimate of drug-likeness (QED) is 0.633. The Morgan fingerprint density at radius 3 is 2.62 bits per heavy atom. The Labute approximate surface area is 82.5 Å². The lowest BCUT2D eigenvalue weighted by molar-refractivity contribution is 0.240. The second-order valence-electron chi connectivity index (χ2n) is 5.22. The van der Waals surface area contributed by atoms with E-state index in [-0.39, 0.29) is 0 Å². The molecule has 1 saturated carbocycles. The lowest BCUT2D eigenvalue weighted by Crippen LogP contribution is -2.29. The van der Waals surface area contributed by atoms with Gasteiger partial charge in [0.2, 0.25) is 0 Å². The van der Waals surface area contributed by atoms with Crippen molar-refractivity contribution in [3.63, 3.8) is 0 Å². The molecule has 2 fully saturated rings. The highest BCUT2D eigenvalue weighted by Crippen LogP contribution is 2.43. The Hall–Kier alpha value is -0.0400. The summed E-state index contributed by atoms with van der Waals surface area (Å²) >= 11 is 0. The maximum Gasteiger partial charge on any atom is 0.00388 e. The van der Waals surface area contributed by atoms with E-state index in [9.17, 15) is 0 Å². The average Bonchev–Trinajstić information content (AvgIpc) is 2.60. The zero-order valence-electron chi connectivity index (χ0n) is 9.29. The molecule has 0 aromatic carbocycles. The Bertz CT molecular complexity index is 176. The molecular weight excluding hydrogens is 158 g/mol. The van der Waals surface area contributed by atoms with E-state index in [0.29, 0.717) is 0 Å². The van der Waals surface area contributed by atoms with Crippen LogP contribution >= 0.6 is 0 Å². The molecule has 0 aromatic rings. The second kappa shape index (κ2) is 3.61. The molecule has 2 aliphatic rings. The predicted octanol–water partition coefficient (Wildman–Crippen LogP) is 2.76. The third-order valence-corrected chi connectivity index (χ3v) is 4.29. The maximum atomic E-state index is 2.68. The van der Waals surface area contributed by atoms with Gasteiger partial charge in [0.05, 0.1) is 0 Å². The van der Waals surface area contributed by atoms with Gasteiger partial charge in [-0.2, -0.15) is 0 Å². The Kier molecular flexibility index (Phi) is 2.64. The molecule has 1 heteroatoms. The molecule has 1 saturated heterocycles. The van der Waals surface area contributed by atoms with Crippen LogP contribution in [-0.2, 0) is 0 Å². The zero-order valence-corrected chi connectivity index (χ0v) is 9.29. The molecule has 0 aromatic heterocycles. The minimum absolute atomic E-state index is 0.767. The SMILES string of the molecule is CCC1CCC2CN(C(C)C)CC12. The number of fused-ring (bicyclic) bond motifs is 1. The van der Waals surface area contributed by atoms with Gasteiger partial charge >= 0.3 is 0 Å². The summed E-state index contributed by atoms with van der Waals surface area (Å²) in [5.41, 5.74) is 0. The molecule has 0 radical (unpaired) electrons. The van der Waals surface area contributed by atoms with Crippen LogP contribution in [0.25, 0.3) is 0 Å². The fourth-order valence-corrected chi connectivity index (χ4v) is 3.34. The molecule has 0 N–H and O–H groups in total. The molecule has 0 bridgehead atoms. The summed E-state index contributed by atoms with van der Waals surface area (Å²) in [6, 6.07) is 0.767. The van der Waals surface area contributed by atoms with Gasteiger partial charge in [-0.15, -0.1) is 0 Å². The van der Waals surface area contributed by atoms with Gasteiger partial charge < -0.3 is 4.90 Å². The first kappa shape index (κ1) is 9.51. The van der Waals surface area contributed by atoms with Gasteiger partial charge in [0.25, 0.3) is 0 Å². The van der Waals surface area contributed by atoms with Gasteiger partial charge in [-0.1, -0.05) is 13.3 Å². The fourth-order valence-electron chi connectivity index (χ4n) is 3.34. The molecule has 1 nitrogen and oxygen atoms in total. The van der Waals surface area contributed by atoms with Crippen molar-refractivity contribution in [3.8, 4) is 0 Å². The molecule has 1 aliphatic carbocycles. The summed E-state index contributed by atoms with van der Waals surface area (Å²) in [4.78, 5) is 2.68.